The fourth-order valence-corrected chi connectivity index (χ4v) is 3.95. The van der Waals surface area contributed by atoms with Gasteiger partial charge in [-0.2, -0.15) is 13.2 Å². The monoisotopic (exact) mass is 473 g/mol. The molecule has 10 heteroatoms. The second kappa shape index (κ2) is 9.20. The van der Waals surface area contributed by atoms with E-state index >= 15 is 0 Å². The maximum atomic E-state index is 13.1. The predicted molar refractivity (Wildman–Crippen MR) is 117 cm³/mol. The number of hydrogen-bond donors (Lipinski definition) is 0. The summed E-state index contributed by atoms with van der Waals surface area (Å²) in [5.41, 5.74) is 0.458. The van der Waals surface area contributed by atoms with E-state index in [0.29, 0.717) is 23.2 Å². The van der Waals surface area contributed by atoms with Crippen LogP contribution in [0.25, 0.3) is 0 Å². The van der Waals surface area contributed by atoms with Crippen LogP contribution < -0.4 is 11.2 Å². The number of amides is 1. The zero-order valence-electron chi connectivity index (χ0n) is 18.3. The second-order valence-corrected chi connectivity index (χ2v) is 8.06. The molecule has 2 heterocycles. The minimum Gasteiger partial charge on any atom is -0.445 e. The molecule has 0 saturated carbocycles. The highest BCUT2D eigenvalue weighted by Crippen LogP contribution is 2.29. The molecule has 1 aliphatic heterocycles. The molecule has 1 aromatic heterocycles. The molecule has 0 radical (unpaired) electrons. The Balaban J connectivity index is 1.49. The Hall–Kier alpha value is -3.82. The Morgan fingerprint density at radius 1 is 1.00 bits per heavy atom. The Morgan fingerprint density at radius 2 is 1.68 bits per heavy atom. The average molecular weight is 473 g/mol. The fourth-order valence-electron chi connectivity index (χ4n) is 3.95. The third-order valence-electron chi connectivity index (χ3n) is 5.83. The van der Waals surface area contributed by atoms with Gasteiger partial charge in [-0.25, -0.2) is 9.59 Å². The Kier molecular flexibility index (Phi) is 6.32. The number of rotatable bonds is 4. The van der Waals surface area contributed by atoms with Crippen molar-refractivity contribution >= 4 is 6.09 Å². The molecule has 7 nitrogen and oxygen atoms in total. The first-order valence-corrected chi connectivity index (χ1v) is 10.6. The molecule has 0 N–H and O–H groups in total. The van der Waals surface area contributed by atoms with Gasteiger partial charge in [-0.3, -0.25) is 9.36 Å². The lowest BCUT2D eigenvalue weighted by atomic mass is 10.1. The first-order chi connectivity index (χ1) is 16.1. The van der Waals surface area contributed by atoms with Crippen molar-refractivity contribution in [2.45, 2.75) is 32.3 Å². The summed E-state index contributed by atoms with van der Waals surface area (Å²) in [4.78, 5) is 39.9. The normalized spacial score (nSPS) is 13.5. The lowest BCUT2D eigenvalue weighted by Gasteiger charge is -2.29. The Labute approximate surface area is 192 Å². The van der Waals surface area contributed by atoms with Gasteiger partial charge in [0.25, 0.3) is 5.56 Å². The molecule has 1 aliphatic rings. The van der Waals surface area contributed by atoms with E-state index in [1.165, 1.54) is 21.6 Å². The van der Waals surface area contributed by atoms with Gasteiger partial charge in [0.05, 0.1) is 24.2 Å². The van der Waals surface area contributed by atoms with Gasteiger partial charge in [0, 0.05) is 25.7 Å². The van der Waals surface area contributed by atoms with E-state index in [1.807, 2.05) is 30.3 Å². The molecule has 4 rings (SSSR count). The predicted octanol–water partition coefficient (Wildman–Crippen LogP) is 3.31. The van der Waals surface area contributed by atoms with E-state index in [9.17, 15) is 27.6 Å². The minimum atomic E-state index is -4.44. The number of hydrogen-bond acceptors (Lipinski definition) is 4. The Morgan fingerprint density at radius 3 is 2.32 bits per heavy atom. The fraction of sp³-hybridized carbons (Fsp3) is 0.292. The molecular weight excluding hydrogens is 451 g/mol. The summed E-state index contributed by atoms with van der Waals surface area (Å²) in [6.45, 7) is 0.126. The molecule has 2 aromatic carbocycles. The van der Waals surface area contributed by atoms with Crippen molar-refractivity contribution in [3.8, 4) is 0 Å². The van der Waals surface area contributed by atoms with E-state index in [0.717, 1.165) is 22.3 Å². The van der Waals surface area contributed by atoms with E-state index in [2.05, 4.69) is 0 Å². The van der Waals surface area contributed by atoms with Gasteiger partial charge in [0.1, 0.15) is 6.61 Å². The molecular formula is C24H22F3N3O4. The highest BCUT2D eigenvalue weighted by molar-refractivity contribution is 5.68. The number of alkyl halides is 3. The molecule has 1 amide bonds. The van der Waals surface area contributed by atoms with Crippen LogP contribution in [0, 0.1) is 0 Å². The van der Waals surface area contributed by atoms with Crippen LogP contribution in [-0.2, 0) is 44.1 Å². The molecule has 0 aliphatic carbocycles. The van der Waals surface area contributed by atoms with Crippen LogP contribution >= 0.6 is 0 Å². The van der Waals surface area contributed by atoms with Crippen molar-refractivity contribution in [3.05, 3.63) is 103 Å². The van der Waals surface area contributed by atoms with Gasteiger partial charge in [-0.1, -0.05) is 42.5 Å². The third-order valence-corrected chi connectivity index (χ3v) is 5.83. The number of aromatic nitrogens is 2. The number of carbonyl (C=O) groups is 1. The van der Waals surface area contributed by atoms with Crippen molar-refractivity contribution in [1.82, 2.24) is 14.0 Å². The van der Waals surface area contributed by atoms with Crippen molar-refractivity contribution in [3.63, 3.8) is 0 Å². The van der Waals surface area contributed by atoms with E-state index in [1.54, 1.807) is 7.05 Å². The molecule has 0 saturated heterocycles. The molecule has 0 fully saturated rings. The second-order valence-electron chi connectivity index (χ2n) is 8.06. The number of ether oxygens (including phenoxy) is 1. The summed E-state index contributed by atoms with van der Waals surface area (Å²) in [6, 6.07) is 13.5. The summed E-state index contributed by atoms with van der Waals surface area (Å²) >= 11 is 0. The van der Waals surface area contributed by atoms with Crippen LogP contribution in [0.3, 0.4) is 0 Å². The minimum absolute atomic E-state index is 0.0249. The Bertz CT molecular complexity index is 1310. The summed E-state index contributed by atoms with van der Waals surface area (Å²) in [7, 11) is 1.60. The van der Waals surface area contributed by atoms with Gasteiger partial charge < -0.3 is 14.2 Å². The van der Waals surface area contributed by atoms with Crippen molar-refractivity contribution in [2.75, 3.05) is 6.54 Å². The zero-order chi connectivity index (χ0) is 24.5. The largest absolute Gasteiger partial charge is 0.445 e. The molecule has 178 valence electrons. The van der Waals surface area contributed by atoms with Crippen LogP contribution in [0.15, 0.2) is 64.2 Å². The van der Waals surface area contributed by atoms with E-state index < -0.39 is 29.1 Å². The summed E-state index contributed by atoms with van der Waals surface area (Å²) in [5, 5.41) is 0. The summed E-state index contributed by atoms with van der Waals surface area (Å²) < 4.78 is 45.9. The topological polar surface area (TPSA) is 73.5 Å². The van der Waals surface area contributed by atoms with Crippen LogP contribution in [0.4, 0.5) is 18.0 Å². The molecule has 3 aromatic rings. The van der Waals surface area contributed by atoms with Gasteiger partial charge in [-0.05, 0) is 23.3 Å². The quantitative estimate of drug-likeness (QED) is 0.583. The zero-order valence-corrected chi connectivity index (χ0v) is 18.3. The van der Waals surface area contributed by atoms with Gasteiger partial charge in [-0.15, -0.1) is 0 Å². The van der Waals surface area contributed by atoms with Gasteiger partial charge >= 0.3 is 18.0 Å². The third kappa shape index (κ3) is 4.75. The van der Waals surface area contributed by atoms with Gasteiger partial charge in [0.2, 0.25) is 0 Å². The summed E-state index contributed by atoms with van der Waals surface area (Å²) in [6.07, 6.45) is -4.82. The molecule has 0 unspecified atom stereocenters. The number of halogens is 3. The van der Waals surface area contributed by atoms with Crippen LogP contribution in [-0.4, -0.2) is 26.7 Å². The smallest absolute Gasteiger partial charge is 0.416 e. The molecule has 0 bridgehead atoms. The number of carbonyl (C=O) groups excluding carboxylic acids is 1. The maximum absolute atomic E-state index is 13.1. The SMILES string of the molecule is Cn1c2c(c(=O)n(Cc3ccccc3)c1=O)CN(C(=O)OCc1ccc(C(F)(F)F)cc1)CC2. The molecule has 0 atom stereocenters. The number of fused-ring (bicyclic) bond motifs is 1. The van der Waals surface area contributed by atoms with Crippen LogP contribution in [0.1, 0.15) is 27.9 Å². The van der Waals surface area contributed by atoms with Crippen LogP contribution in [0.2, 0.25) is 0 Å². The first-order valence-electron chi connectivity index (χ1n) is 10.6. The molecule has 34 heavy (non-hydrogen) atoms. The highest BCUT2D eigenvalue weighted by Gasteiger charge is 2.30. The number of benzene rings is 2. The van der Waals surface area contributed by atoms with Gasteiger partial charge in [0.15, 0.2) is 0 Å². The summed E-state index contributed by atoms with van der Waals surface area (Å²) in [5.74, 6) is 0. The maximum Gasteiger partial charge on any atom is 0.416 e. The lowest BCUT2D eigenvalue weighted by Crippen LogP contribution is -2.48. The van der Waals surface area contributed by atoms with Crippen LogP contribution in [0.5, 0.6) is 0 Å². The van der Waals surface area contributed by atoms with Crippen molar-refractivity contribution in [2.24, 2.45) is 7.05 Å². The average Bonchev–Trinajstić information content (AvgIpc) is 2.84. The number of nitrogens with zero attached hydrogens (tertiary/aromatic N) is 3. The standard InChI is InChI=1S/C24H22F3N3O4/c1-28-20-11-12-29(23(33)34-15-17-7-9-18(10-8-17)24(25,26)27)14-19(20)21(31)30(22(28)32)13-16-5-3-2-4-6-16/h2-10H,11-15H2,1H3. The first kappa shape index (κ1) is 23.3. The lowest BCUT2D eigenvalue weighted by molar-refractivity contribution is -0.137. The van der Waals surface area contributed by atoms with E-state index in [-0.39, 0.29) is 26.2 Å². The van der Waals surface area contributed by atoms with Crippen molar-refractivity contribution < 1.29 is 22.7 Å². The molecule has 0 spiro atoms. The van der Waals surface area contributed by atoms with Crippen molar-refractivity contribution in [1.29, 1.82) is 0 Å². The highest BCUT2D eigenvalue weighted by atomic mass is 19.4. The van der Waals surface area contributed by atoms with E-state index in [4.69, 9.17) is 4.74 Å².